The molecule has 154 valence electrons. The Bertz CT molecular complexity index is 587. The fourth-order valence-electron chi connectivity index (χ4n) is 2.78. The molecular weight excluding hydrogens is 346 g/mol. The van der Waals surface area contributed by atoms with Gasteiger partial charge in [-0.25, -0.2) is 0 Å². The van der Waals surface area contributed by atoms with E-state index in [4.69, 9.17) is 18.9 Å². The van der Waals surface area contributed by atoms with Crippen molar-refractivity contribution in [3.8, 4) is 17.2 Å². The van der Waals surface area contributed by atoms with Crippen LogP contribution in [0.5, 0.6) is 17.2 Å². The first-order valence-corrected chi connectivity index (χ1v) is 9.06. The fraction of sp³-hybridized carbons (Fsp3) is 0.650. The summed E-state index contributed by atoms with van der Waals surface area (Å²) in [5.41, 5.74) is 1.03. The van der Waals surface area contributed by atoms with Gasteiger partial charge in [0.1, 0.15) is 17.2 Å². The van der Waals surface area contributed by atoms with Crippen molar-refractivity contribution < 1.29 is 18.9 Å². The molecule has 0 saturated carbocycles. The van der Waals surface area contributed by atoms with E-state index >= 15 is 0 Å². The van der Waals surface area contributed by atoms with Gasteiger partial charge in [-0.3, -0.25) is 4.99 Å². The van der Waals surface area contributed by atoms with Crippen LogP contribution in [0.4, 0.5) is 0 Å². The Morgan fingerprint density at radius 2 is 1.59 bits per heavy atom. The number of benzene rings is 1. The molecule has 0 fully saturated rings. The lowest BCUT2D eigenvalue weighted by Crippen LogP contribution is -2.45. The highest BCUT2D eigenvalue weighted by molar-refractivity contribution is 5.79. The predicted octanol–water partition coefficient (Wildman–Crippen LogP) is 2.48. The molecule has 0 heterocycles. The van der Waals surface area contributed by atoms with Crippen molar-refractivity contribution in [3.05, 3.63) is 17.7 Å². The molecular formula is C20H35N3O4. The molecule has 0 bridgehead atoms. The van der Waals surface area contributed by atoms with Crippen LogP contribution in [0.25, 0.3) is 0 Å². The smallest absolute Gasteiger partial charge is 0.191 e. The minimum atomic E-state index is 0.0461. The van der Waals surface area contributed by atoms with Gasteiger partial charge >= 0.3 is 0 Å². The Morgan fingerprint density at radius 3 is 2.00 bits per heavy atom. The number of ether oxygens (including phenoxy) is 4. The Kier molecular flexibility index (Phi) is 9.21. The van der Waals surface area contributed by atoms with Crippen LogP contribution in [0.1, 0.15) is 26.3 Å². The van der Waals surface area contributed by atoms with Crippen molar-refractivity contribution in [2.45, 2.75) is 33.3 Å². The first-order chi connectivity index (χ1) is 12.8. The maximum absolute atomic E-state index is 5.58. The molecule has 1 unspecified atom stereocenters. The fourth-order valence-corrected chi connectivity index (χ4v) is 2.78. The van der Waals surface area contributed by atoms with Crippen molar-refractivity contribution in [2.24, 2.45) is 10.4 Å². The van der Waals surface area contributed by atoms with E-state index in [1.165, 1.54) is 0 Å². The zero-order valence-electron chi connectivity index (χ0n) is 17.9. The van der Waals surface area contributed by atoms with Gasteiger partial charge in [0.05, 0.1) is 27.4 Å². The van der Waals surface area contributed by atoms with E-state index in [-0.39, 0.29) is 11.5 Å². The highest BCUT2D eigenvalue weighted by Gasteiger charge is 2.24. The highest BCUT2D eigenvalue weighted by atomic mass is 16.5. The lowest BCUT2D eigenvalue weighted by Gasteiger charge is -2.30. The zero-order chi connectivity index (χ0) is 20.4. The van der Waals surface area contributed by atoms with E-state index in [9.17, 15) is 0 Å². The van der Waals surface area contributed by atoms with Crippen LogP contribution in [-0.4, -0.2) is 60.6 Å². The maximum atomic E-state index is 5.58. The summed E-state index contributed by atoms with van der Waals surface area (Å²) in [4.78, 5) is 4.28. The van der Waals surface area contributed by atoms with Gasteiger partial charge in [-0.2, -0.15) is 0 Å². The van der Waals surface area contributed by atoms with Gasteiger partial charge in [0.25, 0.3) is 0 Å². The monoisotopic (exact) mass is 381 g/mol. The number of hydrogen-bond donors (Lipinski definition) is 2. The van der Waals surface area contributed by atoms with Crippen LogP contribution >= 0.6 is 0 Å². The van der Waals surface area contributed by atoms with Crippen LogP contribution in [0, 0.1) is 5.41 Å². The topological polar surface area (TPSA) is 73.3 Å². The van der Waals surface area contributed by atoms with Crippen molar-refractivity contribution in [1.82, 2.24) is 10.6 Å². The summed E-state index contributed by atoms with van der Waals surface area (Å²) in [7, 11) is 8.39. The largest absolute Gasteiger partial charge is 0.496 e. The molecule has 1 rings (SSSR count). The van der Waals surface area contributed by atoms with E-state index in [0.717, 1.165) is 23.0 Å². The predicted molar refractivity (Wildman–Crippen MR) is 109 cm³/mol. The van der Waals surface area contributed by atoms with Crippen LogP contribution in [0.2, 0.25) is 0 Å². The van der Waals surface area contributed by atoms with E-state index in [2.05, 4.69) is 36.4 Å². The molecule has 1 aromatic carbocycles. The molecule has 0 aliphatic carbocycles. The Balaban J connectivity index is 2.70. The minimum absolute atomic E-state index is 0.0461. The second-order valence-corrected chi connectivity index (χ2v) is 7.23. The molecule has 1 aromatic rings. The summed E-state index contributed by atoms with van der Waals surface area (Å²) < 4.78 is 21.9. The summed E-state index contributed by atoms with van der Waals surface area (Å²) in [6.45, 7) is 7.81. The van der Waals surface area contributed by atoms with Gasteiger partial charge in [0, 0.05) is 44.9 Å². The lowest BCUT2D eigenvalue weighted by molar-refractivity contribution is 0.0205. The molecule has 27 heavy (non-hydrogen) atoms. The molecule has 2 N–H and O–H groups in total. The summed E-state index contributed by atoms with van der Waals surface area (Å²) in [5.74, 6) is 2.91. The first-order valence-electron chi connectivity index (χ1n) is 9.06. The van der Waals surface area contributed by atoms with Crippen molar-refractivity contribution in [1.29, 1.82) is 0 Å². The van der Waals surface area contributed by atoms with Crippen molar-refractivity contribution >= 4 is 5.96 Å². The normalized spacial score (nSPS) is 13.1. The molecule has 7 nitrogen and oxygen atoms in total. The molecule has 7 heteroatoms. The third kappa shape index (κ3) is 6.82. The van der Waals surface area contributed by atoms with Crippen LogP contribution in [0.15, 0.2) is 17.1 Å². The SMILES string of the molecule is CN=C(NCCc1c(OC)cc(OC)cc1OC)NCC(OC)C(C)(C)C. The summed E-state index contributed by atoms with van der Waals surface area (Å²) in [6, 6.07) is 3.72. The van der Waals surface area contributed by atoms with Gasteiger partial charge in [-0.05, 0) is 11.8 Å². The standard InChI is InChI=1S/C20H35N3O4/c1-20(2,3)18(27-8)13-23-19(21-4)22-10-9-15-16(25-6)11-14(24-5)12-17(15)26-7/h11-12,18H,9-10,13H2,1-8H3,(H2,21,22,23). The van der Waals surface area contributed by atoms with E-state index in [0.29, 0.717) is 25.3 Å². The van der Waals surface area contributed by atoms with Crippen LogP contribution in [0.3, 0.4) is 0 Å². The third-order valence-corrected chi connectivity index (χ3v) is 4.41. The maximum Gasteiger partial charge on any atom is 0.191 e. The van der Waals surface area contributed by atoms with Crippen LogP contribution in [-0.2, 0) is 11.2 Å². The van der Waals surface area contributed by atoms with Gasteiger partial charge in [-0.1, -0.05) is 20.8 Å². The van der Waals surface area contributed by atoms with Crippen LogP contribution < -0.4 is 24.8 Å². The van der Waals surface area contributed by atoms with Gasteiger partial charge in [0.15, 0.2) is 5.96 Å². The molecule has 0 saturated heterocycles. The van der Waals surface area contributed by atoms with E-state index < -0.39 is 0 Å². The average molecular weight is 382 g/mol. The second kappa shape index (κ2) is 10.9. The second-order valence-electron chi connectivity index (χ2n) is 7.23. The Hall–Kier alpha value is -2.15. The van der Waals surface area contributed by atoms with E-state index in [1.807, 2.05) is 12.1 Å². The first kappa shape index (κ1) is 22.9. The Labute approximate surface area is 163 Å². The number of nitrogens with zero attached hydrogens (tertiary/aromatic N) is 1. The number of guanidine groups is 1. The number of methoxy groups -OCH3 is 4. The molecule has 0 aliphatic heterocycles. The lowest BCUT2D eigenvalue weighted by atomic mass is 9.89. The number of nitrogens with one attached hydrogen (secondary N) is 2. The van der Waals surface area contributed by atoms with Gasteiger partial charge in [0.2, 0.25) is 0 Å². The quantitative estimate of drug-likeness (QED) is 0.506. The van der Waals surface area contributed by atoms with Crippen molar-refractivity contribution in [3.63, 3.8) is 0 Å². The Morgan fingerprint density at radius 1 is 1.00 bits per heavy atom. The van der Waals surface area contributed by atoms with Gasteiger partial charge < -0.3 is 29.6 Å². The average Bonchev–Trinajstić information content (AvgIpc) is 2.65. The molecule has 0 radical (unpaired) electrons. The highest BCUT2D eigenvalue weighted by Crippen LogP contribution is 2.34. The van der Waals surface area contributed by atoms with Gasteiger partial charge in [-0.15, -0.1) is 0 Å². The summed E-state index contributed by atoms with van der Waals surface area (Å²) >= 11 is 0. The molecule has 0 spiro atoms. The summed E-state index contributed by atoms with van der Waals surface area (Å²) in [6.07, 6.45) is 0.794. The molecule has 0 aliphatic rings. The minimum Gasteiger partial charge on any atom is -0.496 e. The number of hydrogen-bond acceptors (Lipinski definition) is 5. The van der Waals surface area contributed by atoms with Crippen molar-refractivity contribution in [2.75, 3.05) is 48.6 Å². The molecule has 0 amide bonds. The number of aliphatic imine (C=N–C) groups is 1. The van der Waals surface area contributed by atoms with E-state index in [1.54, 1.807) is 35.5 Å². The molecule has 0 aromatic heterocycles. The molecule has 1 atom stereocenters. The summed E-state index contributed by atoms with van der Waals surface area (Å²) in [5, 5.41) is 6.64. The number of rotatable bonds is 9. The third-order valence-electron chi connectivity index (χ3n) is 4.41. The zero-order valence-corrected chi connectivity index (χ0v) is 17.9.